The van der Waals surface area contributed by atoms with Crippen LogP contribution in [0.5, 0.6) is 0 Å². The number of nitrogens with zero attached hydrogens (tertiary/aromatic N) is 4. The van der Waals surface area contributed by atoms with Gasteiger partial charge >= 0.3 is 5.69 Å². The molecule has 0 aliphatic heterocycles. The fraction of sp³-hybridized carbons (Fsp3) is 0.294. The molecule has 0 bridgehead atoms. The Morgan fingerprint density at radius 3 is 2.65 bits per heavy atom. The molecule has 0 radical (unpaired) electrons. The van der Waals surface area contributed by atoms with Crippen LogP contribution >= 0.6 is 22.6 Å². The number of carbonyl (C=O) groups is 1. The summed E-state index contributed by atoms with van der Waals surface area (Å²) in [6.07, 6.45) is 2.40. The lowest BCUT2D eigenvalue weighted by atomic mass is 10.2. The zero-order valence-electron chi connectivity index (χ0n) is 14.4. The first-order chi connectivity index (χ1) is 12.4. The maximum absolute atomic E-state index is 12.4. The summed E-state index contributed by atoms with van der Waals surface area (Å²) in [5.41, 5.74) is 0.706. The van der Waals surface area contributed by atoms with E-state index >= 15 is 0 Å². The Bertz CT molecular complexity index is 1100. The number of nitrogens with one attached hydrogen (secondary N) is 1. The first kappa shape index (κ1) is 18.4. The number of para-hydroxylation sites is 1. The number of aryl methyl sites for hydroxylation is 2. The Labute approximate surface area is 162 Å². The third-order valence-corrected chi connectivity index (χ3v) is 5.11. The predicted molar refractivity (Wildman–Crippen MR) is 107 cm³/mol. The molecule has 136 valence electrons. The molecule has 26 heavy (non-hydrogen) atoms. The maximum Gasteiger partial charge on any atom is 0.332 e. The smallest absolute Gasteiger partial charge is 0.325 e. The molecule has 3 rings (SSSR count). The van der Waals surface area contributed by atoms with Crippen LogP contribution in [0.1, 0.15) is 12.8 Å². The van der Waals surface area contributed by atoms with Gasteiger partial charge in [0.2, 0.25) is 5.91 Å². The van der Waals surface area contributed by atoms with Crippen LogP contribution in [0.4, 0.5) is 5.69 Å². The van der Waals surface area contributed by atoms with Gasteiger partial charge in [-0.25, -0.2) is 9.78 Å². The van der Waals surface area contributed by atoms with Gasteiger partial charge in [-0.3, -0.25) is 18.7 Å². The van der Waals surface area contributed by atoms with Crippen LogP contribution in [0.15, 0.2) is 40.2 Å². The average Bonchev–Trinajstić information content (AvgIpc) is 3.04. The molecule has 0 spiro atoms. The molecule has 8 nitrogen and oxygen atoms in total. The highest BCUT2D eigenvalue weighted by molar-refractivity contribution is 14.1. The number of fused-ring (bicyclic) bond motifs is 1. The summed E-state index contributed by atoms with van der Waals surface area (Å²) >= 11 is 2.17. The van der Waals surface area contributed by atoms with Crippen molar-refractivity contribution in [2.75, 3.05) is 5.32 Å². The minimum atomic E-state index is -0.412. The number of benzene rings is 1. The number of aromatic nitrogens is 4. The van der Waals surface area contributed by atoms with Crippen LogP contribution in [0.3, 0.4) is 0 Å². The van der Waals surface area contributed by atoms with Crippen molar-refractivity contribution in [3.63, 3.8) is 0 Å². The van der Waals surface area contributed by atoms with Crippen LogP contribution < -0.4 is 16.6 Å². The molecular formula is C17H18IN5O3. The topological polar surface area (TPSA) is 90.9 Å². The van der Waals surface area contributed by atoms with E-state index in [1.807, 2.05) is 24.3 Å². The van der Waals surface area contributed by atoms with Gasteiger partial charge in [0.15, 0.2) is 11.2 Å². The van der Waals surface area contributed by atoms with E-state index in [1.54, 1.807) is 11.6 Å². The Balaban J connectivity index is 1.71. The third kappa shape index (κ3) is 3.43. The molecule has 0 saturated carbocycles. The lowest BCUT2D eigenvalue weighted by molar-refractivity contribution is -0.116. The number of carbonyl (C=O) groups excluding carboxylic acids is 1. The quantitative estimate of drug-likeness (QED) is 0.576. The summed E-state index contributed by atoms with van der Waals surface area (Å²) in [5, 5.41) is 2.88. The largest absolute Gasteiger partial charge is 0.332 e. The SMILES string of the molecule is Cn1c(=O)c2c(ncn2CCCC(=O)Nc2ccccc2I)n(C)c1=O. The van der Waals surface area contributed by atoms with Gasteiger partial charge in [-0.05, 0) is 41.1 Å². The Morgan fingerprint density at radius 2 is 1.92 bits per heavy atom. The standard InChI is InChI=1S/C17H18IN5O3/c1-21-15-14(16(25)22(2)17(21)26)23(10-19-15)9-5-8-13(24)20-12-7-4-3-6-11(12)18/h3-4,6-7,10H,5,8-9H2,1-2H3,(H,20,24). The minimum Gasteiger partial charge on any atom is -0.325 e. The van der Waals surface area contributed by atoms with E-state index in [9.17, 15) is 14.4 Å². The molecule has 0 fully saturated rings. The van der Waals surface area contributed by atoms with Gasteiger partial charge < -0.3 is 9.88 Å². The molecular weight excluding hydrogens is 449 g/mol. The van der Waals surface area contributed by atoms with Crippen molar-refractivity contribution in [3.05, 3.63) is 55.0 Å². The van der Waals surface area contributed by atoms with Crippen LogP contribution in [-0.2, 0) is 25.4 Å². The van der Waals surface area contributed by atoms with Crippen molar-refractivity contribution >= 4 is 45.3 Å². The van der Waals surface area contributed by atoms with Crippen LogP contribution in [0.25, 0.3) is 11.2 Å². The Kier molecular flexibility index (Phi) is 5.25. The Hall–Kier alpha value is -2.43. The van der Waals surface area contributed by atoms with E-state index in [0.29, 0.717) is 30.6 Å². The van der Waals surface area contributed by atoms with Gasteiger partial charge in [0.25, 0.3) is 5.56 Å². The van der Waals surface area contributed by atoms with E-state index in [1.165, 1.54) is 17.9 Å². The second-order valence-corrected chi connectivity index (χ2v) is 7.11. The first-order valence-electron chi connectivity index (χ1n) is 8.05. The number of imidazole rings is 1. The second-order valence-electron chi connectivity index (χ2n) is 5.95. The maximum atomic E-state index is 12.4. The van der Waals surface area contributed by atoms with Crippen molar-refractivity contribution in [2.24, 2.45) is 14.1 Å². The van der Waals surface area contributed by atoms with Crippen molar-refractivity contribution < 1.29 is 4.79 Å². The van der Waals surface area contributed by atoms with E-state index in [0.717, 1.165) is 13.8 Å². The summed E-state index contributed by atoms with van der Waals surface area (Å²) in [6, 6.07) is 7.56. The van der Waals surface area contributed by atoms with Gasteiger partial charge in [0, 0.05) is 30.6 Å². The lowest BCUT2D eigenvalue weighted by Gasteiger charge is -2.08. The predicted octanol–water partition coefficient (Wildman–Crippen LogP) is 1.46. The highest BCUT2D eigenvalue weighted by atomic mass is 127. The zero-order chi connectivity index (χ0) is 18.8. The number of rotatable bonds is 5. The number of amides is 1. The molecule has 1 N–H and O–H groups in total. The molecule has 2 aromatic heterocycles. The highest BCUT2D eigenvalue weighted by Gasteiger charge is 2.14. The number of hydrogen-bond acceptors (Lipinski definition) is 4. The van der Waals surface area contributed by atoms with Crippen LogP contribution in [-0.4, -0.2) is 24.6 Å². The van der Waals surface area contributed by atoms with E-state index < -0.39 is 5.69 Å². The molecule has 2 heterocycles. The minimum absolute atomic E-state index is 0.0844. The fourth-order valence-electron chi connectivity index (χ4n) is 2.75. The van der Waals surface area contributed by atoms with Gasteiger partial charge in [-0.2, -0.15) is 0 Å². The van der Waals surface area contributed by atoms with Crippen molar-refractivity contribution in [1.29, 1.82) is 0 Å². The second kappa shape index (κ2) is 7.44. The van der Waals surface area contributed by atoms with E-state index in [4.69, 9.17) is 0 Å². The average molecular weight is 467 g/mol. The zero-order valence-corrected chi connectivity index (χ0v) is 16.6. The summed E-state index contributed by atoms with van der Waals surface area (Å²) in [5.74, 6) is -0.0844. The Morgan fingerprint density at radius 1 is 1.19 bits per heavy atom. The monoisotopic (exact) mass is 467 g/mol. The van der Waals surface area contributed by atoms with Gasteiger partial charge in [0.05, 0.1) is 12.0 Å². The van der Waals surface area contributed by atoms with Crippen molar-refractivity contribution in [1.82, 2.24) is 18.7 Å². The van der Waals surface area contributed by atoms with E-state index in [-0.39, 0.29) is 11.5 Å². The molecule has 3 aromatic rings. The summed E-state index contributed by atoms with van der Waals surface area (Å²) in [7, 11) is 3.02. The van der Waals surface area contributed by atoms with Gasteiger partial charge in [-0.15, -0.1) is 0 Å². The third-order valence-electron chi connectivity index (χ3n) is 4.17. The number of halogens is 1. The molecule has 1 aromatic carbocycles. The number of anilines is 1. The van der Waals surface area contributed by atoms with Gasteiger partial charge in [0.1, 0.15) is 0 Å². The molecule has 1 amide bonds. The summed E-state index contributed by atoms with van der Waals surface area (Å²) in [6.45, 7) is 0.462. The van der Waals surface area contributed by atoms with Gasteiger partial charge in [-0.1, -0.05) is 12.1 Å². The first-order valence-corrected chi connectivity index (χ1v) is 9.13. The van der Waals surface area contributed by atoms with Crippen LogP contribution in [0.2, 0.25) is 0 Å². The molecule has 0 aliphatic rings. The highest BCUT2D eigenvalue weighted by Crippen LogP contribution is 2.17. The van der Waals surface area contributed by atoms with Crippen LogP contribution in [0, 0.1) is 3.57 Å². The molecule has 0 atom stereocenters. The fourth-order valence-corrected chi connectivity index (χ4v) is 3.27. The van der Waals surface area contributed by atoms with E-state index in [2.05, 4.69) is 32.9 Å². The normalized spacial score (nSPS) is 11.0. The number of hydrogen-bond donors (Lipinski definition) is 1. The molecule has 9 heteroatoms. The molecule has 0 saturated heterocycles. The molecule has 0 aliphatic carbocycles. The lowest BCUT2D eigenvalue weighted by Crippen LogP contribution is -2.37. The van der Waals surface area contributed by atoms with Crippen molar-refractivity contribution in [2.45, 2.75) is 19.4 Å². The molecule has 0 unspecified atom stereocenters. The van der Waals surface area contributed by atoms with Crippen molar-refractivity contribution in [3.8, 4) is 0 Å². The summed E-state index contributed by atoms with van der Waals surface area (Å²) < 4.78 is 5.07. The summed E-state index contributed by atoms with van der Waals surface area (Å²) in [4.78, 5) is 40.6.